The largest absolute Gasteiger partial charge is 0.481 e. The molecule has 7 nitrogen and oxygen atoms in total. The second kappa shape index (κ2) is 11.3. The van der Waals surface area contributed by atoms with Gasteiger partial charge in [0.1, 0.15) is 11.3 Å². The standard InChI is InChI=1S/C27H21Cl3N2O5/c1-3-32(37-22-11-9-18(28)14-21(22)30)27(35)24-25(19-10-6-16(12-20(19)29)13-23(33)34)31-36-26(24)17-7-4-15(2)5-8-17/h4-12,14H,3,13H2,1-2H3,(H,33,34). The number of aliphatic carboxylic acids is 1. The van der Waals surface area contributed by atoms with Gasteiger partial charge in [0, 0.05) is 16.1 Å². The number of nitrogens with zero attached hydrogens (tertiary/aromatic N) is 2. The first kappa shape index (κ1) is 26.5. The second-order valence-electron chi connectivity index (χ2n) is 8.15. The van der Waals surface area contributed by atoms with Gasteiger partial charge in [0.2, 0.25) is 0 Å². The number of aromatic nitrogens is 1. The molecule has 1 N–H and O–H groups in total. The lowest BCUT2D eigenvalue weighted by molar-refractivity contribution is -0.136. The van der Waals surface area contributed by atoms with Gasteiger partial charge in [-0.25, -0.2) is 0 Å². The number of carbonyl (C=O) groups excluding carboxylic acids is 1. The quantitative estimate of drug-likeness (QED) is 0.227. The fourth-order valence-corrected chi connectivity index (χ4v) is 4.39. The number of aryl methyl sites for hydroxylation is 1. The summed E-state index contributed by atoms with van der Waals surface area (Å²) in [5.41, 5.74) is 2.89. The molecule has 1 aromatic heterocycles. The molecule has 0 aliphatic rings. The third kappa shape index (κ3) is 5.91. The Morgan fingerprint density at radius 1 is 1.00 bits per heavy atom. The Labute approximate surface area is 228 Å². The van der Waals surface area contributed by atoms with Crippen molar-refractivity contribution in [3.05, 3.63) is 92.4 Å². The van der Waals surface area contributed by atoms with Gasteiger partial charge >= 0.3 is 5.97 Å². The van der Waals surface area contributed by atoms with Gasteiger partial charge in [-0.3, -0.25) is 9.59 Å². The first-order chi connectivity index (χ1) is 17.7. The van der Waals surface area contributed by atoms with E-state index in [9.17, 15) is 9.59 Å². The molecule has 0 radical (unpaired) electrons. The fourth-order valence-electron chi connectivity index (χ4n) is 3.65. The molecule has 0 saturated heterocycles. The van der Waals surface area contributed by atoms with E-state index in [4.69, 9.17) is 49.3 Å². The number of carboxylic acid groups (broad SMARTS) is 1. The summed E-state index contributed by atoms with van der Waals surface area (Å²) in [6.07, 6.45) is -0.196. The predicted molar refractivity (Wildman–Crippen MR) is 142 cm³/mol. The average Bonchev–Trinajstić information content (AvgIpc) is 3.28. The van der Waals surface area contributed by atoms with E-state index in [1.54, 1.807) is 31.2 Å². The molecule has 0 spiro atoms. The van der Waals surface area contributed by atoms with Gasteiger partial charge in [0.15, 0.2) is 11.5 Å². The summed E-state index contributed by atoms with van der Waals surface area (Å²) in [4.78, 5) is 30.9. The normalized spacial score (nSPS) is 10.8. The topological polar surface area (TPSA) is 92.9 Å². The van der Waals surface area contributed by atoms with E-state index < -0.39 is 11.9 Å². The number of amides is 1. The lowest BCUT2D eigenvalue weighted by atomic mass is 9.99. The van der Waals surface area contributed by atoms with Crippen molar-refractivity contribution in [2.45, 2.75) is 20.3 Å². The van der Waals surface area contributed by atoms with E-state index in [0.29, 0.717) is 21.7 Å². The van der Waals surface area contributed by atoms with Gasteiger partial charge in [-0.1, -0.05) is 81.9 Å². The third-order valence-electron chi connectivity index (χ3n) is 5.48. The highest BCUT2D eigenvalue weighted by molar-refractivity contribution is 6.35. The molecule has 4 rings (SSSR count). The lowest BCUT2D eigenvalue weighted by Crippen LogP contribution is -2.34. The number of hydrogen-bond donors (Lipinski definition) is 1. The number of halogens is 3. The zero-order chi connectivity index (χ0) is 26.7. The van der Waals surface area contributed by atoms with E-state index in [0.717, 1.165) is 10.6 Å². The Morgan fingerprint density at radius 2 is 1.73 bits per heavy atom. The van der Waals surface area contributed by atoms with Crippen molar-refractivity contribution in [1.29, 1.82) is 0 Å². The summed E-state index contributed by atoms with van der Waals surface area (Å²) < 4.78 is 5.68. The molecule has 0 aliphatic heterocycles. The first-order valence-corrected chi connectivity index (χ1v) is 12.3. The maximum atomic E-state index is 13.9. The molecule has 0 aliphatic carbocycles. The minimum absolute atomic E-state index is 0.128. The van der Waals surface area contributed by atoms with Gasteiger partial charge in [-0.15, -0.1) is 0 Å². The number of carbonyl (C=O) groups is 2. The number of rotatable bonds is 8. The van der Waals surface area contributed by atoms with Gasteiger partial charge in [-0.2, -0.15) is 5.06 Å². The number of hydroxylamine groups is 2. The monoisotopic (exact) mass is 558 g/mol. The Balaban J connectivity index is 1.82. The minimum atomic E-state index is -0.987. The Hall–Kier alpha value is -3.52. The molecule has 0 bridgehead atoms. The molecule has 0 atom stereocenters. The molecule has 1 heterocycles. The summed E-state index contributed by atoms with van der Waals surface area (Å²) in [6, 6.07) is 16.9. The summed E-state index contributed by atoms with van der Waals surface area (Å²) in [7, 11) is 0. The zero-order valence-electron chi connectivity index (χ0n) is 19.8. The zero-order valence-corrected chi connectivity index (χ0v) is 22.1. The highest BCUT2D eigenvalue weighted by Gasteiger charge is 2.31. The van der Waals surface area contributed by atoms with Crippen LogP contribution in [0.25, 0.3) is 22.6 Å². The Morgan fingerprint density at radius 3 is 2.35 bits per heavy atom. The van der Waals surface area contributed by atoms with Crippen LogP contribution in [0, 0.1) is 6.92 Å². The summed E-state index contributed by atoms with van der Waals surface area (Å²) in [6.45, 7) is 3.86. The van der Waals surface area contributed by atoms with E-state index in [1.165, 1.54) is 12.1 Å². The maximum Gasteiger partial charge on any atom is 0.307 e. The van der Waals surface area contributed by atoms with Crippen molar-refractivity contribution in [2.24, 2.45) is 0 Å². The molecule has 4 aromatic rings. The molecule has 190 valence electrons. The predicted octanol–water partition coefficient (Wildman–Crippen LogP) is 7.36. The van der Waals surface area contributed by atoms with Gasteiger partial charge < -0.3 is 14.5 Å². The van der Waals surface area contributed by atoms with E-state index in [-0.39, 0.29) is 45.8 Å². The van der Waals surface area contributed by atoms with Crippen LogP contribution in [0.2, 0.25) is 15.1 Å². The third-order valence-corrected chi connectivity index (χ3v) is 6.32. The van der Waals surface area contributed by atoms with Crippen molar-refractivity contribution in [1.82, 2.24) is 10.2 Å². The van der Waals surface area contributed by atoms with Crippen LogP contribution in [-0.2, 0) is 11.2 Å². The molecular formula is C27H21Cl3N2O5. The van der Waals surface area contributed by atoms with E-state index in [1.807, 2.05) is 31.2 Å². The fraction of sp³-hybridized carbons (Fsp3) is 0.148. The molecule has 10 heteroatoms. The lowest BCUT2D eigenvalue weighted by Gasteiger charge is -2.22. The van der Waals surface area contributed by atoms with Gasteiger partial charge in [-0.05, 0) is 43.7 Å². The van der Waals surface area contributed by atoms with Crippen LogP contribution in [0.4, 0.5) is 0 Å². The molecule has 37 heavy (non-hydrogen) atoms. The number of hydrogen-bond acceptors (Lipinski definition) is 5. The summed E-state index contributed by atoms with van der Waals surface area (Å²) in [5.74, 6) is -1.05. The van der Waals surface area contributed by atoms with Crippen LogP contribution in [0.5, 0.6) is 5.75 Å². The van der Waals surface area contributed by atoms with Crippen molar-refractivity contribution in [3.63, 3.8) is 0 Å². The number of benzene rings is 3. The average molecular weight is 560 g/mol. The number of carboxylic acids is 1. The Kier molecular flexibility index (Phi) is 8.07. The molecule has 0 unspecified atom stereocenters. The van der Waals surface area contributed by atoms with Crippen molar-refractivity contribution in [2.75, 3.05) is 6.54 Å². The minimum Gasteiger partial charge on any atom is -0.481 e. The van der Waals surface area contributed by atoms with Crippen LogP contribution < -0.4 is 4.84 Å². The second-order valence-corrected chi connectivity index (χ2v) is 9.40. The molecular weight excluding hydrogens is 539 g/mol. The summed E-state index contributed by atoms with van der Waals surface area (Å²) in [5, 5.41) is 15.3. The van der Waals surface area contributed by atoms with Crippen LogP contribution in [0.15, 0.2) is 65.2 Å². The first-order valence-electron chi connectivity index (χ1n) is 11.2. The summed E-state index contributed by atoms with van der Waals surface area (Å²) >= 11 is 18.8. The smallest absolute Gasteiger partial charge is 0.307 e. The van der Waals surface area contributed by atoms with Crippen molar-refractivity contribution in [3.8, 4) is 28.3 Å². The molecule has 0 saturated carbocycles. The highest BCUT2D eigenvalue weighted by atomic mass is 35.5. The maximum absolute atomic E-state index is 13.9. The van der Waals surface area contributed by atoms with Gasteiger partial charge in [0.25, 0.3) is 5.91 Å². The molecule has 0 fully saturated rings. The van der Waals surface area contributed by atoms with Crippen LogP contribution in [0.1, 0.15) is 28.4 Å². The van der Waals surface area contributed by atoms with Crippen molar-refractivity contribution >= 4 is 46.7 Å². The van der Waals surface area contributed by atoms with E-state index >= 15 is 0 Å². The SMILES string of the molecule is CCN(Oc1ccc(Cl)cc1Cl)C(=O)c1c(-c2ccc(CC(=O)O)cc2Cl)noc1-c1ccc(C)cc1. The van der Waals surface area contributed by atoms with E-state index in [2.05, 4.69) is 5.16 Å². The van der Waals surface area contributed by atoms with Crippen molar-refractivity contribution < 1.29 is 24.1 Å². The van der Waals surface area contributed by atoms with Gasteiger partial charge in [0.05, 0.1) is 23.0 Å². The molecule has 1 amide bonds. The van der Waals surface area contributed by atoms with Crippen LogP contribution >= 0.6 is 34.8 Å². The highest BCUT2D eigenvalue weighted by Crippen LogP contribution is 2.37. The van der Waals surface area contributed by atoms with Crippen LogP contribution in [-0.4, -0.2) is 33.7 Å². The Bertz CT molecular complexity index is 1470. The van der Waals surface area contributed by atoms with Crippen LogP contribution in [0.3, 0.4) is 0 Å². The molecule has 3 aromatic carbocycles.